The normalized spacial score (nSPS) is 17.2. The third-order valence-corrected chi connectivity index (χ3v) is 6.20. The van der Waals surface area contributed by atoms with Gasteiger partial charge in [-0.25, -0.2) is 8.42 Å². The molecule has 1 fully saturated rings. The molecule has 0 aliphatic carbocycles. The highest BCUT2D eigenvalue weighted by atomic mass is 32.2. The number of benzene rings is 1. The molecule has 3 rings (SSSR count). The van der Waals surface area contributed by atoms with Gasteiger partial charge in [-0.15, -0.1) is 0 Å². The molecule has 1 aliphatic rings. The lowest BCUT2D eigenvalue weighted by atomic mass is 9.99. The summed E-state index contributed by atoms with van der Waals surface area (Å²) in [6.45, 7) is 0.224. The van der Waals surface area contributed by atoms with Crippen LogP contribution in [0.3, 0.4) is 0 Å². The molecule has 0 amide bonds. The predicted octanol–water partition coefficient (Wildman–Crippen LogP) is 1.56. The van der Waals surface area contributed by atoms with E-state index in [4.69, 9.17) is 5.11 Å². The Labute approximate surface area is 137 Å². The number of aromatic amines is 1. The number of aromatic nitrogens is 1. The summed E-state index contributed by atoms with van der Waals surface area (Å²) < 4.78 is 26.8. The van der Waals surface area contributed by atoms with E-state index < -0.39 is 26.8 Å². The molecule has 0 radical (unpaired) electrons. The largest absolute Gasteiger partial charge is 0.481 e. The van der Waals surface area contributed by atoms with E-state index in [1.165, 1.54) is 28.7 Å². The van der Waals surface area contributed by atoms with Crippen LogP contribution in [0.2, 0.25) is 0 Å². The Balaban J connectivity index is 1.96. The van der Waals surface area contributed by atoms with Gasteiger partial charge < -0.3 is 10.1 Å². The van der Waals surface area contributed by atoms with E-state index in [0.29, 0.717) is 5.52 Å². The van der Waals surface area contributed by atoms with Gasteiger partial charge in [-0.3, -0.25) is 14.9 Å². The number of fused-ring (bicyclic) bond motifs is 1. The summed E-state index contributed by atoms with van der Waals surface area (Å²) in [6.07, 6.45) is 1.81. The Kier molecular flexibility index (Phi) is 4.01. The summed E-state index contributed by atoms with van der Waals surface area (Å²) in [5.41, 5.74) is 0.294. The average molecular weight is 353 g/mol. The number of hydrogen-bond donors (Lipinski definition) is 2. The van der Waals surface area contributed by atoms with E-state index >= 15 is 0 Å². The van der Waals surface area contributed by atoms with Crippen LogP contribution >= 0.6 is 0 Å². The summed E-state index contributed by atoms with van der Waals surface area (Å²) in [4.78, 5) is 24.1. The van der Waals surface area contributed by atoms with Crippen LogP contribution in [-0.2, 0) is 14.8 Å². The number of carbonyl (C=O) groups is 1. The minimum absolute atomic E-state index is 0.0324. The number of nitro groups is 1. The number of non-ortho nitro benzene ring substituents is 1. The van der Waals surface area contributed by atoms with Crippen molar-refractivity contribution in [2.75, 3.05) is 13.1 Å². The fraction of sp³-hybridized carbons (Fsp3) is 0.357. The summed E-state index contributed by atoms with van der Waals surface area (Å²) in [6, 6.07) is 3.99. The fourth-order valence-corrected chi connectivity index (χ4v) is 4.52. The van der Waals surface area contributed by atoms with Crippen LogP contribution in [0, 0.1) is 16.0 Å². The Morgan fingerprint density at radius 2 is 2.00 bits per heavy atom. The molecule has 128 valence electrons. The van der Waals surface area contributed by atoms with E-state index in [0.717, 1.165) is 0 Å². The lowest BCUT2D eigenvalue weighted by Crippen LogP contribution is -2.40. The van der Waals surface area contributed by atoms with Crippen molar-refractivity contribution in [1.82, 2.24) is 9.29 Å². The number of carboxylic acids is 1. The summed E-state index contributed by atoms with van der Waals surface area (Å²) in [7, 11) is -3.85. The number of sulfonamides is 1. The van der Waals surface area contributed by atoms with Crippen LogP contribution in [-0.4, -0.2) is 46.8 Å². The molecule has 24 heavy (non-hydrogen) atoms. The first-order valence-corrected chi connectivity index (χ1v) is 8.73. The SMILES string of the molecule is O=C(O)C1CCN(S(=O)(=O)c2c[nH]c3ccc([N+](=O)[O-])cc23)CC1. The zero-order valence-electron chi connectivity index (χ0n) is 12.5. The Hall–Kier alpha value is -2.46. The van der Waals surface area contributed by atoms with Crippen LogP contribution in [0.25, 0.3) is 10.9 Å². The molecule has 1 aromatic heterocycles. The Bertz CT molecular complexity index is 912. The second-order valence-corrected chi connectivity index (χ2v) is 7.56. The topological polar surface area (TPSA) is 134 Å². The lowest BCUT2D eigenvalue weighted by molar-refractivity contribution is -0.384. The molecule has 2 N–H and O–H groups in total. The molecular formula is C14H15N3O6S. The van der Waals surface area contributed by atoms with E-state index in [1.54, 1.807) is 0 Å². The van der Waals surface area contributed by atoms with Crippen LogP contribution in [0.5, 0.6) is 0 Å². The molecule has 2 heterocycles. The van der Waals surface area contributed by atoms with E-state index in [9.17, 15) is 23.3 Å². The molecule has 0 saturated carbocycles. The van der Waals surface area contributed by atoms with Crippen molar-refractivity contribution in [2.45, 2.75) is 17.7 Å². The highest BCUT2D eigenvalue weighted by molar-refractivity contribution is 7.89. The van der Waals surface area contributed by atoms with E-state index in [-0.39, 0.29) is 41.9 Å². The third-order valence-electron chi connectivity index (χ3n) is 4.26. The third kappa shape index (κ3) is 2.74. The van der Waals surface area contributed by atoms with Gasteiger partial charge in [0.2, 0.25) is 10.0 Å². The summed E-state index contributed by atoms with van der Waals surface area (Å²) in [5, 5.41) is 20.2. The van der Waals surface area contributed by atoms with Crippen LogP contribution < -0.4 is 0 Å². The van der Waals surface area contributed by atoms with Gasteiger partial charge in [-0.2, -0.15) is 4.31 Å². The molecular weight excluding hydrogens is 338 g/mol. The van der Waals surface area contributed by atoms with Crippen LogP contribution in [0.15, 0.2) is 29.3 Å². The van der Waals surface area contributed by atoms with Crippen molar-refractivity contribution in [3.8, 4) is 0 Å². The molecule has 0 bridgehead atoms. The van der Waals surface area contributed by atoms with Crippen molar-refractivity contribution in [3.63, 3.8) is 0 Å². The maximum absolute atomic E-state index is 12.8. The Morgan fingerprint density at radius 1 is 1.33 bits per heavy atom. The maximum atomic E-state index is 12.8. The summed E-state index contributed by atoms with van der Waals surface area (Å²) >= 11 is 0. The number of carboxylic acid groups (broad SMARTS) is 1. The molecule has 2 aromatic rings. The molecule has 0 unspecified atom stereocenters. The van der Waals surface area contributed by atoms with Crippen LogP contribution in [0.1, 0.15) is 12.8 Å². The number of rotatable bonds is 4. The fourth-order valence-electron chi connectivity index (χ4n) is 2.89. The smallest absolute Gasteiger partial charge is 0.306 e. The van der Waals surface area contributed by atoms with Gasteiger partial charge in [0.05, 0.1) is 10.8 Å². The predicted molar refractivity (Wildman–Crippen MR) is 84.1 cm³/mol. The van der Waals surface area contributed by atoms with Crippen LogP contribution in [0.4, 0.5) is 5.69 Å². The number of nitrogens with zero attached hydrogens (tertiary/aromatic N) is 2. The van der Waals surface area contributed by atoms with Gasteiger partial charge in [0.25, 0.3) is 5.69 Å². The highest BCUT2D eigenvalue weighted by Crippen LogP contribution is 2.30. The average Bonchev–Trinajstić information content (AvgIpc) is 2.98. The van der Waals surface area contributed by atoms with Gasteiger partial charge in [-0.1, -0.05) is 0 Å². The second-order valence-electron chi connectivity index (χ2n) is 5.66. The van der Waals surface area contributed by atoms with Gasteiger partial charge >= 0.3 is 5.97 Å². The maximum Gasteiger partial charge on any atom is 0.306 e. The van der Waals surface area contributed by atoms with Gasteiger partial charge in [0.15, 0.2) is 0 Å². The minimum Gasteiger partial charge on any atom is -0.481 e. The minimum atomic E-state index is -3.85. The zero-order valence-corrected chi connectivity index (χ0v) is 13.3. The first-order valence-electron chi connectivity index (χ1n) is 7.29. The van der Waals surface area contributed by atoms with Crippen molar-refractivity contribution in [3.05, 3.63) is 34.5 Å². The van der Waals surface area contributed by atoms with Crippen molar-refractivity contribution < 1.29 is 23.2 Å². The number of hydrogen-bond acceptors (Lipinski definition) is 5. The molecule has 0 spiro atoms. The van der Waals surface area contributed by atoms with Crippen molar-refractivity contribution >= 4 is 32.6 Å². The van der Waals surface area contributed by atoms with Gasteiger partial charge in [-0.05, 0) is 18.9 Å². The number of nitrogens with one attached hydrogen (secondary N) is 1. The molecule has 1 aliphatic heterocycles. The van der Waals surface area contributed by atoms with Crippen molar-refractivity contribution in [1.29, 1.82) is 0 Å². The van der Waals surface area contributed by atoms with Gasteiger partial charge in [0.1, 0.15) is 4.90 Å². The molecule has 10 heteroatoms. The Morgan fingerprint density at radius 3 is 2.58 bits per heavy atom. The number of H-pyrrole nitrogens is 1. The molecule has 9 nitrogen and oxygen atoms in total. The van der Waals surface area contributed by atoms with E-state index in [1.807, 2.05) is 0 Å². The standard InChI is InChI=1S/C14H15N3O6S/c18-14(19)9-3-5-16(6-4-9)24(22,23)13-8-15-12-2-1-10(17(20)21)7-11(12)13/h1-2,7-9,15H,3-6H2,(H,18,19). The number of aliphatic carboxylic acids is 1. The molecule has 1 saturated heterocycles. The van der Waals surface area contributed by atoms with Gasteiger partial charge in [0, 0.05) is 42.3 Å². The lowest BCUT2D eigenvalue weighted by Gasteiger charge is -2.29. The van der Waals surface area contributed by atoms with Crippen molar-refractivity contribution in [2.24, 2.45) is 5.92 Å². The number of nitro benzene ring substituents is 1. The summed E-state index contributed by atoms with van der Waals surface area (Å²) in [5.74, 6) is -1.46. The molecule has 0 atom stereocenters. The second kappa shape index (κ2) is 5.87. The first kappa shape index (κ1) is 16.4. The van der Waals surface area contributed by atoms with E-state index in [2.05, 4.69) is 4.98 Å². The first-order chi connectivity index (χ1) is 11.3. The molecule has 1 aromatic carbocycles. The zero-order chi connectivity index (χ0) is 17.5. The number of piperidine rings is 1. The monoisotopic (exact) mass is 353 g/mol. The highest BCUT2D eigenvalue weighted by Gasteiger charge is 2.33. The quantitative estimate of drug-likeness (QED) is 0.633.